The van der Waals surface area contributed by atoms with Crippen LogP contribution in [0.1, 0.15) is 22.3 Å². The summed E-state index contributed by atoms with van der Waals surface area (Å²) in [6.07, 6.45) is 5.49. The van der Waals surface area contributed by atoms with Crippen molar-refractivity contribution in [1.29, 1.82) is 0 Å². The molecule has 16 heavy (non-hydrogen) atoms. The van der Waals surface area contributed by atoms with E-state index < -0.39 is 0 Å². The van der Waals surface area contributed by atoms with Crippen molar-refractivity contribution in [2.75, 3.05) is 14.2 Å². The molecule has 0 aliphatic carbocycles. The maximum Gasteiger partial charge on any atom is 0.337 e. The summed E-state index contributed by atoms with van der Waals surface area (Å²) in [5.41, 5.74) is 1.77. The third-order valence-electron chi connectivity index (χ3n) is 2.21. The van der Waals surface area contributed by atoms with E-state index in [1.165, 1.54) is 12.7 Å². The first kappa shape index (κ1) is 12.3. The lowest BCUT2D eigenvalue weighted by Crippen LogP contribution is -2.00. The Balaban J connectivity index is 2.51. The quantitative estimate of drug-likeness (QED) is 0.565. The van der Waals surface area contributed by atoms with Crippen molar-refractivity contribution < 1.29 is 14.3 Å². The molecule has 0 aliphatic rings. The molecule has 0 bridgehead atoms. The average molecular weight is 220 g/mol. The fourth-order valence-corrected chi connectivity index (χ4v) is 1.34. The van der Waals surface area contributed by atoms with Crippen LogP contribution in [0.25, 0.3) is 0 Å². The van der Waals surface area contributed by atoms with Crippen LogP contribution in [0.3, 0.4) is 0 Å². The van der Waals surface area contributed by atoms with Crippen molar-refractivity contribution in [3.8, 4) is 0 Å². The molecule has 1 aromatic rings. The minimum absolute atomic E-state index is 0.300. The van der Waals surface area contributed by atoms with Crippen molar-refractivity contribution in [3.05, 3.63) is 47.7 Å². The lowest BCUT2D eigenvalue weighted by Gasteiger charge is -2.01. The van der Waals surface area contributed by atoms with Gasteiger partial charge in [-0.25, -0.2) is 4.79 Å². The number of ether oxygens (including phenoxy) is 2. The second-order valence-electron chi connectivity index (χ2n) is 3.33. The van der Waals surface area contributed by atoms with Gasteiger partial charge in [0.2, 0.25) is 0 Å². The summed E-state index contributed by atoms with van der Waals surface area (Å²) < 4.78 is 9.43. The van der Waals surface area contributed by atoms with Crippen LogP contribution >= 0.6 is 0 Å². The molecule has 0 saturated heterocycles. The second kappa shape index (κ2) is 6.67. The second-order valence-corrected chi connectivity index (χ2v) is 3.33. The van der Waals surface area contributed by atoms with Crippen molar-refractivity contribution >= 4 is 5.97 Å². The van der Waals surface area contributed by atoms with Gasteiger partial charge in [0.1, 0.15) is 0 Å². The number of methoxy groups -OCH3 is 2. The Hall–Kier alpha value is -1.77. The molecule has 3 nitrogen and oxygen atoms in total. The SMILES string of the molecule is CO/C=C/CCc1ccc(C(=O)OC)cc1. The molecule has 0 aromatic heterocycles. The third kappa shape index (κ3) is 3.77. The molecule has 0 spiro atoms. The molecule has 0 saturated carbocycles. The van der Waals surface area contributed by atoms with E-state index in [0.717, 1.165) is 12.8 Å². The molecule has 1 rings (SSSR count). The van der Waals surface area contributed by atoms with E-state index in [9.17, 15) is 4.79 Å². The average Bonchev–Trinajstić information content (AvgIpc) is 2.34. The van der Waals surface area contributed by atoms with Crippen LogP contribution < -0.4 is 0 Å². The molecule has 0 N–H and O–H groups in total. The first-order chi connectivity index (χ1) is 7.77. The minimum Gasteiger partial charge on any atom is -0.505 e. The highest BCUT2D eigenvalue weighted by molar-refractivity contribution is 5.89. The van der Waals surface area contributed by atoms with Crippen molar-refractivity contribution in [2.24, 2.45) is 0 Å². The monoisotopic (exact) mass is 220 g/mol. The van der Waals surface area contributed by atoms with E-state index in [2.05, 4.69) is 4.74 Å². The highest BCUT2D eigenvalue weighted by Crippen LogP contribution is 2.08. The largest absolute Gasteiger partial charge is 0.505 e. The van der Waals surface area contributed by atoms with Crippen LogP contribution in [0.15, 0.2) is 36.6 Å². The number of carbonyl (C=O) groups excluding carboxylic acids is 1. The maximum atomic E-state index is 11.2. The first-order valence-electron chi connectivity index (χ1n) is 5.13. The van der Waals surface area contributed by atoms with E-state index in [0.29, 0.717) is 5.56 Å². The summed E-state index contributed by atoms with van der Waals surface area (Å²) in [6.45, 7) is 0. The number of hydrogen-bond acceptors (Lipinski definition) is 3. The number of aryl methyl sites for hydroxylation is 1. The highest BCUT2D eigenvalue weighted by atomic mass is 16.5. The van der Waals surface area contributed by atoms with E-state index >= 15 is 0 Å². The summed E-state index contributed by atoms with van der Waals surface area (Å²) in [7, 11) is 3.01. The van der Waals surface area contributed by atoms with E-state index in [4.69, 9.17) is 4.74 Å². The Morgan fingerprint density at radius 3 is 2.50 bits per heavy atom. The standard InChI is InChI=1S/C13H16O3/c1-15-10-4-3-5-11-6-8-12(9-7-11)13(14)16-2/h4,6-10H,3,5H2,1-2H3/b10-4+. The predicted octanol–water partition coefficient (Wildman–Crippen LogP) is 2.57. The smallest absolute Gasteiger partial charge is 0.337 e. The number of hydrogen-bond donors (Lipinski definition) is 0. The highest BCUT2D eigenvalue weighted by Gasteiger charge is 2.03. The van der Waals surface area contributed by atoms with Gasteiger partial charge in [0.05, 0.1) is 26.0 Å². The number of rotatable bonds is 5. The summed E-state index contributed by atoms with van der Waals surface area (Å²) in [5, 5.41) is 0. The van der Waals surface area contributed by atoms with E-state index in [-0.39, 0.29) is 5.97 Å². The lowest BCUT2D eigenvalue weighted by atomic mass is 10.1. The summed E-state index contributed by atoms with van der Waals surface area (Å²) in [4.78, 5) is 11.2. The summed E-state index contributed by atoms with van der Waals surface area (Å²) in [6, 6.07) is 7.43. The number of allylic oxidation sites excluding steroid dienone is 1. The van der Waals surface area contributed by atoms with Gasteiger partial charge in [0.15, 0.2) is 0 Å². The van der Waals surface area contributed by atoms with Crippen molar-refractivity contribution in [2.45, 2.75) is 12.8 Å². The van der Waals surface area contributed by atoms with Gasteiger partial charge in [0, 0.05) is 0 Å². The molecule has 1 aromatic carbocycles. The van der Waals surface area contributed by atoms with Crippen molar-refractivity contribution in [3.63, 3.8) is 0 Å². The number of esters is 1. The summed E-state index contributed by atoms with van der Waals surface area (Å²) >= 11 is 0. The zero-order valence-electron chi connectivity index (χ0n) is 9.60. The van der Waals surface area contributed by atoms with Crippen LogP contribution in [0.4, 0.5) is 0 Å². The molecule has 0 fully saturated rings. The molecule has 0 amide bonds. The van der Waals surface area contributed by atoms with Crippen LogP contribution in [0.5, 0.6) is 0 Å². The van der Waals surface area contributed by atoms with Crippen LogP contribution in [-0.2, 0) is 15.9 Å². The Bertz CT molecular complexity index is 352. The number of carbonyl (C=O) groups is 1. The maximum absolute atomic E-state index is 11.2. The first-order valence-corrected chi connectivity index (χ1v) is 5.13. The summed E-state index contributed by atoms with van der Waals surface area (Å²) in [5.74, 6) is -0.300. The molecule has 0 atom stereocenters. The lowest BCUT2D eigenvalue weighted by molar-refractivity contribution is 0.0600. The zero-order valence-corrected chi connectivity index (χ0v) is 9.60. The molecular weight excluding hydrogens is 204 g/mol. The fraction of sp³-hybridized carbons (Fsp3) is 0.308. The van der Waals surface area contributed by atoms with Gasteiger partial charge < -0.3 is 9.47 Å². The Morgan fingerprint density at radius 2 is 1.94 bits per heavy atom. The molecule has 0 aliphatic heterocycles. The van der Waals surface area contributed by atoms with Gasteiger partial charge in [0.25, 0.3) is 0 Å². The van der Waals surface area contributed by atoms with Gasteiger partial charge >= 0.3 is 5.97 Å². The van der Waals surface area contributed by atoms with E-state index in [1.54, 1.807) is 25.5 Å². The fourth-order valence-electron chi connectivity index (χ4n) is 1.34. The van der Waals surface area contributed by atoms with Crippen LogP contribution in [-0.4, -0.2) is 20.2 Å². The normalized spacial score (nSPS) is 10.4. The Kier molecular flexibility index (Phi) is 5.12. The molecule has 86 valence electrons. The molecular formula is C13H16O3. The van der Waals surface area contributed by atoms with Gasteiger partial charge in [-0.05, 0) is 36.6 Å². The van der Waals surface area contributed by atoms with Crippen LogP contribution in [0.2, 0.25) is 0 Å². The third-order valence-corrected chi connectivity index (χ3v) is 2.21. The van der Waals surface area contributed by atoms with E-state index in [1.807, 2.05) is 18.2 Å². The molecule has 0 heterocycles. The predicted molar refractivity (Wildman–Crippen MR) is 62.3 cm³/mol. The van der Waals surface area contributed by atoms with Crippen LogP contribution in [0, 0.1) is 0 Å². The van der Waals surface area contributed by atoms with Crippen molar-refractivity contribution in [1.82, 2.24) is 0 Å². The topological polar surface area (TPSA) is 35.5 Å². The molecule has 0 unspecified atom stereocenters. The number of benzene rings is 1. The molecule has 3 heteroatoms. The minimum atomic E-state index is -0.300. The molecule has 0 radical (unpaired) electrons. The van der Waals surface area contributed by atoms with Gasteiger partial charge in [-0.3, -0.25) is 0 Å². The van der Waals surface area contributed by atoms with Gasteiger partial charge in [-0.2, -0.15) is 0 Å². The van der Waals surface area contributed by atoms with Gasteiger partial charge in [-0.1, -0.05) is 12.1 Å². The zero-order chi connectivity index (χ0) is 11.8. The Morgan fingerprint density at radius 1 is 1.25 bits per heavy atom. The van der Waals surface area contributed by atoms with Gasteiger partial charge in [-0.15, -0.1) is 0 Å². The Labute approximate surface area is 95.7 Å².